The fourth-order valence-electron chi connectivity index (χ4n) is 2.72. The van der Waals surface area contributed by atoms with Gasteiger partial charge in [-0.2, -0.15) is 4.31 Å². The van der Waals surface area contributed by atoms with Gasteiger partial charge in [0.15, 0.2) is 0 Å². The zero-order chi connectivity index (χ0) is 18.7. The molecule has 6 nitrogen and oxygen atoms in total. The molecule has 1 fully saturated rings. The van der Waals surface area contributed by atoms with Gasteiger partial charge in [-0.05, 0) is 36.8 Å². The summed E-state index contributed by atoms with van der Waals surface area (Å²) in [5.74, 6) is -1.09. The molecule has 0 bridgehead atoms. The number of aryl methyl sites for hydroxylation is 1. The van der Waals surface area contributed by atoms with Crippen LogP contribution in [-0.2, 0) is 14.8 Å². The van der Waals surface area contributed by atoms with Gasteiger partial charge >= 0.3 is 0 Å². The number of morpholine rings is 1. The Balaban J connectivity index is 1.94. The van der Waals surface area contributed by atoms with Crippen LogP contribution in [0.25, 0.3) is 0 Å². The highest BCUT2D eigenvalue weighted by atomic mass is 32.2. The van der Waals surface area contributed by atoms with E-state index in [0.29, 0.717) is 24.5 Å². The van der Waals surface area contributed by atoms with Crippen molar-refractivity contribution >= 4 is 21.6 Å². The molecule has 3 rings (SSSR count). The SMILES string of the molecule is Cc1ccc(F)cc1NC(=O)c1ccccc1S(=O)(=O)N1CCOCC1. The number of halogens is 1. The van der Waals surface area contributed by atoms with Crippen molar-refractivity contribution in [3.8, 4) is 0 Å². The summed E-state index contributed by atoms with van der Waals surface area (Å²) >= 11 is 0. The van der Waals surface area contributed by atoms with Crippen LogP contribution < -0.4 is 5.32 Å². The Morgan fingerprint density at radius 1 is 1.15 bits per heavy atom. The molecule has 0 saturated carbocycles. The first-order valence-corrected chi connectivity index (χ1v) is 9.58. The molecule has 1 saturated heterocycles. The predicted molar refractivity (Wildman–Crippen MR) is 95.1 cm³/mol. The molecule has 1 aliphatic heterocycles. The zero-order valence-electron chi connectivity index (χ0n) is 14.2. The molecule has 2 aromatic carbocycles. The summed E-state index contributed by atoms with van der Waals surface area (Å²) in [7, 11) is -3.83. The summed E-state index contributed by atoms with van der Waals surface area (Å²) in [6.07, 6.45) is 0. The van der Waals surface area contributed by atoms with Crippen molar-refractivity contribution in [2.45, 2.75) is 11.8 Å². The number of nitrogens with one attached hydrogen (secondary N) is 1. The third kappa shape index (κ3) is 3.77. The number of rotatable bonds is 4. The monoisotopic (exact) mass is 378 g/mol. The minimum Gasteiger partial charge on any atom is -0.379 e. The van der Waals surface area contributed by atoms with Crippen molar-refractivity contribution in [3.63, 3.8) is 0 Å². The Kier molecular flexibility index (Phi) is 5.36. The number of amides is 1. The van der Waals surface area contributed by atoms with Gasteiger partial charge in [-0.1, -0.05) is 18.2 Å². The zero-order valence-corrected chi connectivity index (χ0v) is 15.1. The molecule has 1 amide bonds. The smallest absolute Gasteiger partial charge is 0.257 e. The summed E-state index contributed by atoms with van der Waals surface area (Å²) in [6.45, 7) is 2.83. The summed E-state index contributed by atoms with van der Waals surface area (Å²) in [5.41, 5.74) is 0.990. The van der Waals surface area contributed by atoms with Gasteiger partial charge < -0.3 is 10.1 Å². The Morgan fingerprint density at radius 2 is 1.85 bits per heavy atom. The van der Waals surface area contributed by atoms with Crippen molar-refractivity contribution in [1.29, 1.82) is 0 Å². The number of ether oxygens (including phenoxy) is 1. The van der Waals surface area contributed by atoms with Crippen LogP contribution in [0.5, 0.6) is 0 Å². The Labute approximate surface area is 151 Å². The van der Waals surface area contributed by atoms with Gasteiger partial charge in [-0.3, -0.25) is 4.79 Å². The molecule has 0 spiro atoms. The summed E-state index contributed by atoms with van der Waals surface area (Å²) in [4.78, 5) is 12.6. The van der Waals surface area contributed by atoms with Gasteiger partial charge in [0, 0.05) is 18.8 Å². The maximum absolute atomic E-state index is 13.4. The van der Waals surface area contributed by atoms with Crippen LogP contribution in [0.4, 0.5) is 10.1 Å². The lowest BCUT2D eigenvalue weighted by Gasteiger charge is -2.26. The topological polar surface area (TPSA) is 75.7 Å². The first-order chi connectivity index (χ1) is 12.4. The highest BCUT2D eigenvalue weighted by Gasteiger charge is 2.30. The molecule has 0 aliphatic carbocycles. The van der Waals surface area contributed by atoms with E-state index >= 15 is 0 Å². The van der Waals surface area contributed by atoms with Crippen molar-refractivity contribution in [1.82, 2.24) is 4.31 Å². The highest BCUT2D eigenvalue weighted by molar-refractivity contribution is 7.89. The van der Waals surface area contributed by atoms with Crippen LogP contribution in [0.15, 0.2) is 47.4 Å². The highest BCUT2D eigenvalue weighted by Crippen LogP contribution is 2.23. The Bertz CT molecular complexity index is 925. The molecule has 1 heterocycles. The maximum Gasteiger partial charge on any atom is 0.257 e. The Hall–Kier alpha value is -2.29. The van der Waals surface area contributed by atoms with Crippen molar-refractivity contribution in [3.05, 3.63) is 59.4 Å². The van der Waals surface area contributed by atoms with Crippen LogP contribution in [0.3, 0.4) is 0 Å². The van der Waals surface area contributed by atoms with Gasteiger partial charge in [0.2, 0.25) is 10.0 Å². The lowest BCUT2D eigenvalue weighted by Crippen LogP contribution is -2.41. The third-order valence-corrected chi connectivity index (χ3v) is 6.12. The second-order valence-corrected chi connectivity index (χ2v) is 7.83. The summed E-state index contributed by atoms with van der Waals surface area (Å²) < 4.78 is 45.8. The molecular weight excluding hydrogens is 359 g/mol. The molecule has 0 radical (unpaired) electrons. The number of benzene rings is 2. The maximum atomic E-state index is 13.4. The number of carbonyl (C=O) groups is 1. The lowest BCUT2D eigenvalue weighted by atomic mass is 10.1. The first-order valence-electron chi connectivity index (χ1n) is 8.14. The van der Waals surface area contributed by atoms with Crippen LogP contribution in [0.1, 0.15) is 15.9 Å². The van der Waals surface area contributed by atoms with E-state index in [4.69, 9.17) is 4.74 Å². The molecule has 2 aromatic rings. The van der Waals surface area contributed by atoms with Gasteiger partial charge in [-0.25, -0.2) is 12.8 Å². The van der Waals surface area contributed by atoms with E-state index in [1.165, 1.54) is 28.6 Å². The van der Waals surface area contributed by atoms with E-state index in [1.807, 2.05) is 0 Å². The van der Waals surface area contributed by atoms with E-state index < -0.39 is 21.7 Å². The van der Waals surface area contributed by atoms with Gasteiger partial charge in [0.25, 0.3) is 5.91 Å². The van der Waals surface area contributed by atoms with Gasteiger partial charge in [0.05, 0.1) is 23.7 Å². The standard InChI is InChI=1S/C18H19FN2O4S/c1-13-6-7-14(19)12-16(13)20-18(22)15-4-2-3-5-17(15)26(23,24)21-8-10-25-11-9-21/h2-7,12H,8-11H2,1H3,(H,20,22). The van der Waals surface area contributed by atoms with E-state index in [1.54, 1.807) is 25.1 Å². The average molecular weight is 378 g/mol. The van der Waals surface area contributed by atoms with E-state index in [2.05, 4.69) is 5.32 Å². The quantitative estimate of drug-likeness (QED) is 0.887. The number of sulfonamides is 1. The molecule has 0 atom stereocenters. The fourth-order valence-corrected chi connectivity index (χ4v) is 4.32. The second-order valence-electron chi connectivity index (χ2n) is 5.93. The minimum absolute atomic E-state index is 0.0163. The number of hydrogen-bond donors (Lipinski definition) is 1. The summed E-state index contributed by atoms with van der Waals surface area (Å²) in [6, 6.07) is 10.0. The first kappa shape index (κ1) is 18.5. The fraction of sp³-hybridized carbons (Fsp3) is 0.278. The molecular formula is C18H19FN2O4S. The predicted octanol–water partition coefficient (Wildman–Crippen LogP) is 2.41. The van der Waals surface area contributed by atoms with E-state index in [0.717, 1.165) is 0 Å². The molecule has 26 heavy (non-hydrogen) atoms. The number of nitrogens with zero attached hydrogens (tertiary/aromatic N) is 1. The number of anilines is 1. The normalized spacial score (nSPS) is 15.6. The molecule has 1 aliphatic rings. The van der Waals surface area contributed by atoms with Crippen molar-refractivity contribution < 1.29 is 22.3 Å². The van der Waals surface area contributed by atoms with Gasteiger partial charge in [0.1, 0.15) is 5.82 Å². The molecule has 138 valence electrons. The molecule has 0 aromatic heterocycles. The van der Waals surface area contributed by atoms with Crippen LogP contribution in [-0.4, -0.2) is 44.9 Å². The van der Waals surface area contributed by atoms with Crippen LogP contribution in [0.2, 0.25) is 0 Å². The van der Waals surface area contributed by atoms with Crippen LogP contribution >= 0.6 is 0 Å². The number of carbonyl (C=O) groups excluding carboxylic acids is 1. The third-order valence-electron chi connectivity index (χ3n) is 4.17. The molecule has 1 N–H and O–H groups in total. The second kappa shape index (κ2) is 7.53. The largest absolute Gasteiger partial charge is 0.379 e. The minimum atomic E-state index is -3.83. The van der Waals surface area contributed by atoms with E-state index in [9.17, 15) is 17.6 Å². The van der Waals surface area contributed by atoms with Crippen molar-refractivity contribution in [2.75, 3.05) is 31.6 Å². The average Bonchev–Trinajstić information content (AvgIpc) is 2.65. The van der Waals surface area contributed by atoms with Gasteiger partial charge in [-0.15, -0.1) is 0 Å². The molecule has 8 heteroatoms. The van der Waals surface area contributed by atoms with Crippen LogP contribution in [0, 0.1) is 12.7 Å². The molecule has 0 unspecified atom stereocenters. The van der Waals surface area contributed by atoms with Crippen molar-refractivity contribution in [2.24, 2.45) is 0 Å². The summed E-state index contributed by atoms with van der Waals surface area (Å²) in [5, 5.41) is 2.60. The van der Waals surface area contributed by atoms with E-state index in [-0.39, 0.29) is 23.5 Å². The Morgan fingerprint density at radius 3 is 2.58 bits per heavy atom. The number of hydrogen-bond acceptors (Lipinski definition) is 4. The lowest BCUT2D eigenvalue weighted by molar-refractivity contribution is 0.0730.